The van der Waals surface area contributed by atoms with E-state index in [0.717, 1.165) is 9.13 Å². The average Bonchev–Trinajstić information content (AvgIpc) is 2.45. The number of carboxylic acid groups (broad SMARTS) is 1. The Hall–Kier alpha value is -1.07. The van der Waals surface area contributed by atoms with Gasteiger partial charge in [-0.05, 0) is 87.5 Å². The Morgan fingerprint density at radius 3 is 2.50 bits per heavy atom. The zero-order valence-electron chi connectivity index (χ0n) is 11.3. The maximum Gasteiger partial charge on any atom is 0.320 e. The number of nitrogens with two attached hydrogens (primary N) is 1. The van der Waals surface area contributed by atoms with Gasteiger partial charge in [-0.3, -0.25) is 4.79 Å². The van der Waals surface area contributed by atoms with Crippen LogP contribution in [-0.4, -0.2) is 22.2 Å². The third-order valence-electron chi connectivity index (χ3n) is 2.92. The van der Waals surface area contributed by atoms with Crippen LogP contribution in [0.4, 0.5) is 0 Å². The van der Waals surface area contributed by atoms with Crippen molar-refractivity contribution in [3.63, 3.8) is 0 Å². The summed E-state index contributed by atoms with van der Waals surface area (Å²) in [5, 5.41) is 18.3. The molecule has 0 saturated carbocycles. The predicted octanol–water partition coefficient (Wildman–Crippen LogP) is 3.35. The van der Waals surface area contributed by atoms with Crippen LogP contribution in [0.2, 0.25) is 0 Å². The van der Waals surface area contributed by atoms with E-state index >= 15 is 0 Å². The molecule has 0 amide bonds. The van der Waals surface area contributed by atoms with E-state index in [2.05, 4.69) is 22.6 Å². The number of aromatic hydroxyl groups is 1. The van der Waals surface area contributed by atoms with Crippen LogP contribution in [0.25, 0.3) is 0 Å². The maximum atomic E-state index is 10.8. The lowest BCUT2D eigenvalue weighted by atomic mass is 10.1. The van der Waals surface area contributed by atoms with Gasteiger partial charge in [0, 0.05) is 0 Å². The van der Waals surface area contributed by atoms with Crippen LogP contribution in [0.5, 0.6) is 17.2 Å². The molecule has 0 aliphatic carbocycles. The molecule has 0 fully saturated rings. The molecule has 0 saturated heterocycles. The number of hydrogen-bond donors (Lipinski definition) is 3. The normalized spacial score (nSPS) is 12.0. The smallest absolute Gasteiger partial charge is 0.320 e. The molecule has 2 aromatic carbocycles. The minimum atomic E-state index is -1.02. The molecule has 1 unspecified atom stereocenters. The number of carboxylic acids is 1. The Morgan fingerprint density at radius 1 is 1.18 bits per heavy atom. The Morgan fingerprint density at radius 2 is 1.91 bits per heavy atom. The molecule has 0 aliphatic rings. The number of ether oxygens (including phenoxy) is 1. The summed E-state index contributed by atoms with van der Waals surface area (Å²) in [4.78, 5) is 10.8. The number of rotatable bonds is 5. The molecule has 22 heavy (non-hydrogen) atoms. The van der Waals surface area contributed by atoms with E-state index in [1.165, 1.54) is 0 Å². The molecule has 2 aromatic rings. The van der Waals surface area contributed by atoms with Gasteiger partial charge in [-0.1, -0.05) is 6.07 Å². The first-order valence-electron chi connectivity index (χ1n) is 6.30. The molecule has 0 spiro atoms. The topological polar surface area (TPSA) is 92.8 Å². The number of phenolic OH excluding ortho intramolecular Hbond substituents is 1. The van der Waals surface area contributed by atoms with Crippen molar-refractivity contribution in [1.29, 1.82) is 0 Å². The molecule has 2 rings (SSSR count). The number of hydrogen-bond acceptors (Lipinski definition) is 4. The van der Waals surface area contributed by atoms with E-state index in [-0.39, 0.29) is 12.2 Å². The fourth-order valence-corrected chi connectivity index (χ4v) is 2.95. The highest BCUT2D eigenvalue weighted by Gasteiger charge is 2.13. The first-order valence-corrected chi connectivity index (χ1v) is 8.45. The lowest BCUT2D eigenvalue weighted by Crippen LogP contribution is -2.32. The molecule has 5 nitrogen and oxygen atoms in total. The summed E-state index contributed by atoms with van der Waals surface area (Å²) >= 11 is 4.15. The first kappa shape index (κ1) is 17.3. The van der Waals surface area contributed by atoms with Crippen LogP contribution in [0.15, 0.2) is 36.4 Å². The van der Waals surface area contributed by atoms with Crippen LogP contribution >= 0.6 is 45.2 Å². The van der Waals surface area contributed by atoms with Crippen molar-refractivity contribution < 1.29 is 19.7 Å². The zero-order chi connectivity index (χ0) is 16.3. The van der Waals surface area contributed by atoms with Crippen molar-refractivity contribution in [1.82, 2.24) is 0 Å². The molecule has 0 aliphatic heterocycles. The monoisotopic (exact) mass is 525 g/mol. The third-order valence-corrected chi connectivity index (χ3v) is 4.62. The number of phenols is 1. The fraction of sp³-hybridized carbons (Fsp3) is 0.133. The van der Waals surface area contributed by atoms with Gasteiger partial charge in [0.1, 0.15) is 23.3 Å². The van der Waals surface area contributed by atoms with Gasteiger partial charge in [0.25, 0.3) is 0 Å². The second-order valence-electron chi connectivity index (χ2n) is 4.63. The Bertz CT molecular complexity index is 706. The van der Waals surface area contributed by atoms with Gasteiger partial charge in [0.15, 0.2) is 0 Å². The van der Waals surface area contributed by atoms with Crippen LogP contribution in [0.3, 0.4) is 0 Å². The van der Waals surface area contributed by atoms with E-state index in [0.29, 0.717) is 15.1 Å². The molecular weight excluding hydrogens is 512 g/mol. The molecule has 116 valence electrons. The largest absolute Gasteiger partial charge is 0.507 e. The molecule has 7 heteroatoms. The average molecular weight is 525 g/mol. The molecule has 1 atom stereocenters. The van der Waals surface area contributed by atoms with Crippen molar-refractivity contribution in [3.05, 3.63) is 49.1 Å². The summed E-state index contributed by atoms with van der Waals surface area (Å²) in [5.74, 6) is 0.472. The summed E-state index contributed by atoms with van der Waals surface area (Å²) < 4.78 is 7.34. The van der Waals surface area contributed by atoms with Crippen LogP contribution < -0.4 is 10.5 Å². The van der Waals surface area contributed by atoms with Gasteiger partial charge < -0.3 is 20.7 Å². The standard InChI is InChI=1S/C15H13I2NO4/c16-10-7-9(2-3-13(10)19)22-14-4-1-8(5-11(14)17)6-12(18)15(20)21/h1-5,7,12,19H,6,18H2,(H,20,21). The number of halogens is 2. The summed E-state index contributed by atoms with van der Waals surface area (Å²) in [6.07, 6.45) is 0.267. The Balaban J connectivity index is 2.15. The second kappa shape index (κ2) is 7.47. The molecule has 0 aromatic heterocycles. The second-order valence-corrected chi connectivity index (χ2v) is 6.95. The van der Waals surface area contributed by atoms with E-state index in [9.17, 15) is 9.90 Å². The van der Waals surface area contributed by atoms with Gasteiger partial charge >= 0.3 is 5.97 Å². The lowest BCUT2D eigenvalue weighted by Gasteiger charge is -2.11. The Labute approximate surface area is 154 Å². The quantitative estimate of drug-likeness (QED) is 0.522. The van der Waals surface area contributed by atoms with Gasteiger partial charge in [-0.2, -0.15) is 0 Å². The molecule has 0 bridgehead atoms. The minimum absolute atomic E-state index is 0.209. The van der Waals surface area contributed by atoms with Crippen molar-refractivity contribution >= 4 is 51.2 Å². The lowest BCUT2D eigenvalue weighted by molar-refractivity contribution is -0.138. The SMILES string of the molecule is NC(Cc1ccc(Oc2ccc(O)c(I)c2)c(I)c1)C(=O)O. The highest BCUT2D eigenvalue weighted by Crippen LogP contribution is 2.31. The zero-order valence-corrected chi connectivity index (χ0v) is 15.6. The van der Waals surface area contributed by atoms with Crippen molar-refractivity contribution in [2.45, 2.75) is 12.5 Å². The third kappa shape index (κ3) is 4.46. The van der Waals surface area contributed by atoms with Crippen LogP contribution in [0, 0.1) is 7.14 Å². The molecule has 0 radical (unpaired) electrons. The molecule has 4 N–H and O–H groups in total. The van der Waals surface area contributed by atoms with Gasteiger partial charge in [0.05, 0.1) is 7.14 Å². The molecule has 0 heterocycles. The van der Waals surface area contributed by atoms with Crippen LogP contribution in [0.1, 0.15) is 5.56 Å². The van der Waals surface area contributed by atoms with Crippen molar-refractivity contribution in [2.24, 2.45) is 5.73 Å². The molecular formula is C15H13I2NO4. The predicted molar refractivity (Wildman–Crippen MR) is 99.4 cm³/mol. The Kier molecular flexibility index (Phi) is 5.87. The highest BCUT2D eigenvalue weighted by molar-refractivity contribution is 14.1. The van der Waals surface area contributed by atoms with E-state index in [1.807, 2.05) is 28.7 Å². The van der Waals surface area contributed by atoms with Gasteiger partial charge in [-0.25, -0.2) is 0 Å². The number of benzene rings is 2. The number of aliphatic carboxylic acids is 1. The van der Waals surface area contributed by atoms with E-state index in [1.54, 1.807) is 30.3 Å². The minimum Gasteiger partial charge on any atom is -0.507 e. The first-order chi connectivity index (χ1) is 10.4. The van der Waals surface area contributed by atoms with Crippen molar-refractivity contribution in [3.8, 4) is 17.2 Å². The van der Waals surface area contributed by atoms with E-state index in [4.69, 9.17) is 15.6 Å². The van der Waals surface area contributed by atoms with Gasteiger partial charge in [-0.15, -0.1) is 0 Å². The number of carbonyl (C=O) groups is 1. The summed E-state index contributed by atoms with van der Waals surface area (Å²) in [6.45, 7) is 0. The van der Waals surface area contributed by atoms with E-state index < -0.39 is 12.0 Å². The summed E-state index contributed by atoms with van der Waals surface area (Å²) in [6, 6.07) is 9.51. The van der Waals surface area contributed by atoms with Gasteiger partial charge in [0.2, 0.25) is 0 Å². The summed E-state index contributed by atoms with van der Waals surface area (Å²) in [7, 11) is 0. The maximum absolute atomic E-state index is 10.8. The van der Waals surface area contributed by atoms with Crippen molar-refractivity contribution in [2.75, 3.05) is 0 Å². The highest BCUT2D eigenvalue weighted by atomic mass is 127. The summed E-state index contributed by atoms with van der Waals surface area (Å²) in [5.41, 5.74) is 6.37. The van der Waals surface area contributed by atoms with Crippen LogP contribution in [-0.2, 0) is 11.2 Å². The fourth-order valence-electron chi connectivity index (χ4n) is 1.77.